The van der Waals surface area contributed by atoms with Gasteiger partial charge in [-0.25, -0.2) is 0 Å². The lowest BCUT2D eigenvalue weighted by molar-refractivity contribution is -0.137. The normalized spacial score (nSPS) is 11.7. The third-order valence-electron chi connectivity index (χ3n) is 3.45. The van der Waals surface area contributed by atoms with E-state index in [1.54, 1.807) is 25.4 Å². The van der Waals surface area contributed by atoms with Gasteiger partial charge in [0, 0.05) is 18.1 Å². The number of halogens is 3. The number of ketones is 1. The smallest absolute Gasteiger partial charge is 0.350 e. The quantitative estimate of drug-likeness (QED) is 0.536. The van der Waals surface area contributed by atoms with Crippen LogP contribution in [-0.2, 0) is 11.0 Å². The van der Waals surface area contributed by atoms with E-state index in [-0.39, 0.29) is 11.5 Å². The number of aromatic nitrogens is 1. The summed E-state index contributed by atoms with van der Waals surface area (Å²) >= 11 is 1.08. The van der Waals surface area contributed by atoms with Crippen LogP contribution in [0.4, 0.5) is 18.9 Å². The maximum Gasteiger partial charge on any atom is 0.416 e. The van der Waals surface area contributed by atoms with E-state index in [0.717, 1.165) is 35.0 Å². The van der Waals surface area contributed by atoms with Gasteiger partial charge in [-0.1, -0.05) is 44.3 Å². The Hall–Kier alpha value is -2.54. The first-order chi connectivity index (χ1) is 13.2. The Bertz CT molecular complexity index is 846. The second kappa shape index (κ2) is 10.7. The molecule has 0 unspecified atom stereocenters. The Labute approximate surface area is 167 Å². The summed E-state index contributed by atoms with van der Waals surface area (Å²) in [5.74, 6) is -0.164. The number of rotatable bonds is 6. The zero-order chi connectivity index (χ0) is 21.3. The molecule has 0 bridgehead atoms. The van der Waals surface area contributed by atoms with Crippen LogP contribution in [0.3, 0.4) is 0 Å². The number of benzene rings is 1. The number of hydrogen-bond donors (Lipinski definition) is 1. The molecule has 1 N–H and O–H groups in total. The highest BCUT2D eigenvalue weighted by atomic mass is 32.2. The summed E-state index contributed by atoms with van der Waals surface area (Å²) in [4.78, 5) is 16.5. The monoisotopic (exact) mass is 408 g/mol. The predicted octanol–water partition coefficient (Wildman–Crippen LogP) is 6.76. The number of carbonyl (C=O) groups excluding carboxylic acids is 1. The summed E-state index contributed by atoms with van der Waals surface area (Å²) in [5, 5.41) is 3.16. The van der Waals surface area contributed by atoms with Gasteiger partial charge in [-0.05, 0) is 49.2 Å². The van der Waals surface area contributed by atoms with Gasteiger partial charge in [-0.3, -0.25) is 9.78 Å². The predicted molar refractivity (Wildman–Crippen MR) is 111 cm³/mol. The van der Waals surface area contributed by atoms with Crippen molar-refractivity contribution in [1.29, 1.82) is 0 Å². The molecule has 0 aliphatic rings. The molecule has 150 valence electrons. The van der Waals surface area contributed by atoms with Crippen molar-refractivity contribution < 1.29 is 18.0 Å². The minimum atomic E-state index is -4.42. The number of allylic oxidation sites excluding steroid dienone is 2. The van der Waals surface area contributed by atoms with E-state index in [1.165, 1.54) is 19.1 Å². The molecule has 0 amide bonds. The summed E-state index contributed by atoms with van der Waals surface area (Å²) in [6.45, 7) is 11.0. The molecule has 2 rings (SSSR count). The molecule has 0 aliphatic carbocycles. The van der Waals surface area contributed by atoms with E-state index < -0.39 is 11.7 Å². The summed E-state index contributed by atoms with van der Waals surface area (Å²) in [6, 6.07) is 8.40. The summed E-state index contributed by atoms with van der Waals surface area (Å²) in [7, 11) is 0. The van der Waals surface area contributed by atoms with Crippen LogP contribution < -0.4 is 5.32 Å². The standard InChI is InChI=1S/C19H17F3N2OS.C2H6/c1-12(15-6-5-9-23-11-15)18(13(2)25)26-14(3)24-17-8-4-7-16(10-17)19(20,21)22;1-2/h4-11,24H,3H2,1-2H3;1-2H3/b18-12+;. The fraction of sp³-hybridized carbons (Fsp3) is 0.238. The molecule has 1 aromatic carbocycles. The van der Waals surface area contributed by atoms with Gasteiger partial charge in [0.15, 0.2) is 5.78 Å². The van der Waals surface area contributed by atoms with E-state index in [1.807, 2.05) is 19.9 Å². The number of pyridine rings is 1. The first-order valence-corrected chi connectivity index (χ1v) is 9.43. The average Bonchev–Trinajstić information content (AvgIpc) is 2.67. The molecule has 0 radical (unpaired) electrons. The van der Waals surface area contributed by atoms with Gasteiger partial charge in [0.25, 0.3) is 0 Å². The van der Waals surface area contributed by atoms with Crippen LogP contribution >= 0.6 is 11.8 Å². The molecular weight excluding hydrogens is 385 g/mol. The van der Waals surface area contributed by atoms with Crippen molar-refractivity contribution >= 4 is 28.8 Å². The van der Waals surface area contributed by atoms with Gasteiger partial charge in [0.05, 0.1) is 15.5 Å². The zero-order valence-electron chi connectivity index (χ0n) is 16.2. The zero-order valence-corrected chi connectivity index (χ0v) is 17.0. The Kier molecular flexibility index (Phi) is 8.99. The molecule has 0 fully saturated rings. The van der Waals surface area contributed by atoms with Gasteiger partial charge in [-0.2, -0.15) is 13.2 Å². The highest BCUT2D eigenvalue weighted by Crippen LogP contribution is 2.34. The lowest BCUT2D eigenvalue weighted by Crippen LogP contribution is -2.06. The van der Waals surface area contributed by atoms with Crippen molar-refractivity contribution in [3.05, 3.63) is 76.4 Å². The maximum absolute atomic E-state index is 12.8. The van der Waals surface area contributed by atoms with E-state index >= 15 is 0 Å². The second-order valence-electron chi connectivity index (χ2n) is 5.48. The number of alkyl halides is 3. The fourth-order valence-corrected chi connectivity index (χ4v) is 3.04. The molecule has 0 saturated carbocycles. The van der Waals surface area contributed by atoms with E-state index in [9.17, 15) is 18.0 Å². The van der Waals surface area contributed by atoms with Crippen LogP contribution in [0.1, 0.15) is 38.8 Å². The molecule has 0 aliphatic heterocycles. The number of hydrogen-bond acceptors (Lipinski definition) is 4. The minimum Gasteiger partial charge on any atom is -0.350 e. The van der Waals surface area contributed by atoms with E-state index in [4.69, 9.17) is 0 Å². The number of carbonyl (C=O) groups is 1. The van der Waals surface area contributed by atoms with Crippen LogP contribution in [0, 0.1) is 0 Å². The van der Waals surface area contributed by atoms with Crippen molar-refractivity contribution in [3.63, 3.8) is 0 Å². The van der Waals surface area contributed by atoms with Crippen molar-refractivity contribution in [2.75, 3.05) is 5.32 Å². The van der Waals surface area contributed by atoms with Crippen LogP contribution in [0.25, 0.3) is 5.57 Å². The number of nitrogens with one attached hydrogen (secondary N) is 1. The highest BCUT2D eigenvalue weighted by molar-refractivity contribution is 8.07. The Morgan fingerprint density at radius 1 is 1.14 bits per heavy atom. The second-order valence-corrected chi connectivity index (χ2v) is 6.59. The molecule has 1 aromatic heterocycles. The lowest BCUT2D eigenvalue weighted by Gasteiger charge is -2.14. The van der Waals surface area contributed by atoms with Crippen molar-refractivity contribution in [2.24, 2.45) is 0 Å². The Morgan fingerprint density at radius 3 is 2.36 bits per heavy atom. The van der Waals surface area contributed by atoms with Gasteiger partial charge in [0.1, 0.15) is 0 Å². The molecule has 1 heterocycles. The van der Waals surface area contributed by atoms with Crippen molar-refractivity contribution in [3.8, 4) is 0 Å². The third-order valence-corrected chi connectivity index (χ3v) is 4.60. The molecule has 3 nitrogen and oxygen atoms in total. The van der Waals surface area contributed by atoms with E-state index in [0.29, 0.717) is 9.93 Å². The minimum absolute atomic E-state index is 0.164. The lowest BCUT2D eigenvalue weighted by atomic mass is 10.1. The molecule has 7 heteroatoms. The van der Waals surface area contributed by atoms with Gasteiger partial charge < -0.3 is 5.32 Å². The van der Waals surface area contributed by atoms with Gasteiger partial charge >= 0.3 is 6.18 Å². The van der Waals surface area contributed by atoms with Crippen molar-refractivity contribution in [1.82, 2.24) is 4.98 Å². The molecule has 28 heavy (non-hydrogen) atoms. The molecular formula is C21H23F3N2OS. The topological polar surface area (TPSA) is 42.0 Å². The van der Waals surface area contributed by atoms with E-state index in [2.05, 4.69) is 16.9 Å². The van der Waals surface area contributed by atoms with Crippen LogP contribution in [0.15, 0.2) is 65.3 Å². The summed E-state index contributed by atoms with van der Waals surface area (Å²) in [5.41, 5.74) is 1.01. The van der Waals surface area contributed by atoms with Crippen molar-refractivity contribution in [2.45, 2.75) is 33.9 Å². The number of nitrogens with zero attached hydrogens (tertiary/aromatic N) is 1. The maximum atomic E-state index is 12.8. The highest BCUT2D eigenvalue weighted by Gasteiger charge is 2.30. The first kappa shape index (κ1) is 23.5. The molecule has 0 atom stereocenters. The number of anilines is 1. The average molecular weight is 408 g/mol. The molecule has 2 aromatic rings. The fourth-order valence-electron chi connectivity index (χ4n) is 2.21. The first-order valence-electron chi connectivity index (χ1n) is 8.61. The van der Waals surface area contributed by atoms with Crippen LogP contribution in [0.5, 0.6) is 0 Å². The Morgan fingerprint density at radius 2 is 1.82 bits per heavy atom. The number of thioether (sulfide) groups is 1. The molecule has 0 saturated heterocycles. The van der Waals surface area contributed by atoms with Gasteiger partial charge in [-0.15, -0.1) is 0 Å². The summed E-state index contributed by atoms with van der Waals surface area (Å²) in [6.07, 6.45) is -1.15. The largest absolute Gasteiger partial charge is 0.416 e. The van der Waals surface area contributed by atoms with Gasteiger partial charge in [0.2, 0.25) is 0 Å². The number of Topliss-reactive ketones (excluding diaryl/α,β-unsaturated/α-hetero) is 1. The third kappa shape index (κ3) is 6.88. The SMILES string of the molecule is C=C(Nc1cccc(C(F)(F)F)c1)S/C(C(C)=O)=C(\C)c1cccnc1.CC. The van der Waals surface area contributed by atoms with Crippen LogP contribution in [0.2, 0.25) is 0 Å². The van der Waals surface area contributed by atoms with Crippen LogP contribution in [-0.4, -0.2) is 10.8 Å². The molecule has 0 spiro atoms. The Balaban J connectivity index is 0.00000190. The summed E-state index contributed by atoms with van der Waals surface area (Å²) < 4.78 is 38.4.